The summed E-state index contributed by atoms with van der Waals surface area (Å²) in [5.41, 5.74) is 8.92. The van der Waals surface area contributed by atoms with E-state index in [0.29, 0.717) is 0 Å². The van der Waals surface area contributed by atoms with Crippen molar-refractivity contribution < 1.29 is 4.74 Å². The van der Waals surface area contributed by atoms with Crippen LogP contribution in [0.2, 0.25) is 0 Å². The molecule has 1 saturated carbocycles. The summed E-state index contributed by atoms with van der Waals surface area (Å²) in [5, 5.41) is 0. The maximum atomic E-state index is 6.47. The van der Waals surface area contributed by atoms with Crippen LogP contribution in [0.25, 0.3) is 0 Å². The molecule has 2 rings (SSSR count). The van der Waals surface area contributed by atoms with Gasteiger partial charge in [-0.1, -0.05) is 25.8 Å². The van der Waals surface area contributed by atoms with Crippen molar-refractivity contribution in [3.8, 4) is 5.75 Å². The standard InChI is InChI=1S/C14H21NO/c1-3-11-8-12(10-13(9-11)16-2)14(15)6-4-5-7-14/h8-10H,3-7,15H2,1-2H3. The smallest absolute Gasteiger partial charge is 0.119 e. The average Bonchev–Trinajstić information content (AvgIpc) is 2.77. The summed E-state index contributed by atoms with van der Waals surface area (Å²) >= 11 is 0. The van der Waals surface area contributed by atoms with Crippen LogP contribution in [0.4, 0.5) is 0 Å². The Kier molecular flexibility index (Phi) is 3.20. The fourth-order valence-corrected chi connectivity index (χ4v) is 2.56. The third-order valence-electron chi connectivity index (χ3n) is 3.68. The lowest BCUT2D eigenvalue weighted by Gasteiger charge is -2.25. The van der Waals surface area contributed by atoms with E-state index < -0.39 is 0 Å². The molecule has 0 atom stereocenters. The zero-order valence-corrected chi connectivity index (χ0v) is 10.3. The zero-order chi connectivity index (χ0) is 11.6. The maximum absolute atomic E-state index is 6.47. The molecule has 1 aliphatic rings. The molecular formula is C14H21NO. The molecule has 1 aromatic carbocycles. The van der Waals surface area contributed by atoms with E-state index in [2.05, 4.69) is 25.1 Å². The first-order chi connectivity index (χ1) is 7.68. The molecule has 2 nitrogen and oxygen atoms in total. The highest BCUT2D eigenvalue weighted by Gasteiger charge is 2.31. The van der Waals surface area contributed by atoms with Gasteiger partial charge in [-0.15, -0.1) is 0 Å². The van der Waals surface area contributed by atoms with Crippen LogP contribution in [0.3, 0.4) is 0 Å². The van der Waals surface area contributed by atoms with Crippen molar-refractivity contribution >= 4 is 0 Å². The zero-order valence-electron chi connectivity index (χ0n) is 10.3. The summed E-state index contributed by atoms with van der Waals surface area (Å²) in [5.74, 6) is 0.936. The molecule has 2 heteroatoms. The lowest BCUT2D eigenvalue weighted by molar-refractivity contribution is 0.407. The van der Waals surface area contributed by atoms with E-state index >= 15 is 0 Å². The largest absolute Gasteiger partial charge is 0.497 e. The summed E-state index contributed by atoms with van der Waals surface area (Å²) in [6.45, 7) is 2.16. The van der Waals surface area contributed by atoms with Crippen molar-refractivity contribution in [3.63, 3.8) is 0 Å². The third kappa shape index (κ3) is 2.07. The fraction of sp³-hybridized carbons (Fsp3) is 0.571. The summed E-state index contributed by atoms with van der Waals surface area (Å²) in [7, 11) is 1.72. The van der Waals surface area contributed by atoms with Crippen LogP contribution in [-0.4, -0.2) is 7.11 Å². The maximum Gasteiger partial charge on any atom is 0.119 e. The lowest BCUT2D eigenvalue weighted by atomic mass is 9.88. The second-order valence-electron chi connectivity index (χ2n) is 4.79. The van der Waals surface area contributed by atoms with Crippen LogP contribution < -0.4 is 10.5 Å². The van der Waals surface area contributed by atoms with E-state index in [1.807, 2.05) is 0 Å². The van der Waals surface area contributed by atoms with Crippen LogP contribution in [0.5, 0.6) is 5.75 Å². The number of benzene rings is 1. The van der Waals surface area contributed by atoms with Gasteiger partial charge in [0.25, 0.3) is 0 Å². The van der Waals surface area contributed by atoms with Crippen molar-refractivity contribution in [2.75, 3.05) is 7.11 Å². The number of aryl methyl sites for hydroxylation is 1. The summed E-state index contributed by atoms with van der Waals surface area (Å²) in [4.78, 5) is 0. The van der Waals surface area contributed by atoms with Gasteiger partial charge >= 0.3 is 0 Å². The van der Waals surface area contributed by atoms with Crippen LogP contribution in [-0.2, 0) is 12.0 Å². The molecule has 1 aliphatic carbocycles. The SMILES string of the molecule is CCc1cc(OC)cc(C2(N)CCCC2)c1. The first-order valence-electron chi connectivity index (χ1n) is 6.15. The lowest BCUT2D eigenvalue weighted by Crippen LogP contribution is -2.33. The molecule has 0 saturated heterocycles. The van der Waals surface area contributed by atoms with Crippen molar-refractivity contribution in [1.82, 2.24) is 0 Å². The van der Waals surface area contributed by atoms with Gasteiger partial charge in [0, 0.05) is 5.54 Å². The van der Waals surface area contributed by atoms with Crippen molar-refractivity contribution in [2.24, 2.45) is 5.73 Å². The molecule has 1 aromatic rings. The number of hydrogen-bond acceptors (Lipinski definition) is 2. The van der Waals surface area contributed by atoms with Gasteiger partial charge in [0.05, 0.1) is 7.11 Å². The van der Waals surface area contributed by atoms with E-state index in [9.17, 15) is 0 Å². The van der Waals surface area contributed by atoms with E-state index in [-0.39, 0.29) is 5.54 Å². The van der Waals surface area contributed by atoms with E-state index in [0.717, 1.165) is 25.0 Å². The van der Waals surface area contributed by atoms with Crippen molar-refractivity contribution in [1.29, 1.82) is 0 Å². The molecule has 16 heavy (non-hydrogen) atoms. The highest BCUT2D eigenvalue weighted by Crippen LogP contribution is 2.38. The van der Waals surface area contributed by atoms with Gasteiger partial charge in [0.2, 0.25) is 0 Å². The number of hydrogen-bond donors (Lipinski definition) is 1. The van der Waals surface area contributed by atoms with E-state index in [4.69, 9.17) is 10.5 Å². The average molecular weight is 219 g/mol. The molecule has 0 unspecified atom stereocenters. The molecule has 88 valence electrons. The minimum absolute atomic E-state index is 0.113. The van der Waals surface area contributed by atoms with E-state index in [1.54, 1.807) is 7.11 Å². The fourth-order valence-electron chi connectivity index (χ4n) is 2.56. The molecule has 1 fully saturated rings. The number of rotatable bonds is 3. The number of ether oxygens (including phenoxy) is 1. The summed E-state index contributed by atoms with van der Waals surface area (Å²) in [6, 6.07) is 6.44. The Balaban J connectivity index is 2.39. The molecule has 0 heterocycles. The second kappa shape index (κ2) is 4.46. The Morgan fingerprint density at radius 1 is 1.25 bits per heavy atom. The first-order valence-corrected chi connectivity index (χ1v) is 6.15. The van der Waals surface area contributed by atoms with E-state index in [1.165, 1.54) is 24.0 Å². The number of nitrogens with two attached hydrogens (primary N) is 1. The Morgan fingerprint density at radius 3 is 2.50 bits per heavy atom. The molecule has 0 aliphatic heterocycles. The highest BCUT2D eigenvalue weighted by atomic mass is 16.5. The predicted molar refractivity (Wildman–Crippen MR) is 66.7 cm³/mol. The number of methoxy groups -OCH3 is 1. The van der Waals surface area contributed by atoms with Crippen molar-refractivity contribution in [3.05, 3.63) is 29.3 Å². The van der Waals surface area contributed by atoms with Crippen molar-refractivity contribution in [2.45, 2.75) is 44.6 Å². The van der Waals surface area contributed by atoms with Gasteiger partial charge < -0.3 is 10.5 Å². The van der Waals surface area contributed by atoms with Gasteiger partial charge in [0.1, 0.15) is 5.75 Å². The quantitative estimate of drug-likeness (QED) is 0.848. The van der Waals surface area contributed by atoms with Gasteiger partial charge in [-0.2, -0.15) is 0 Å². The monoisotopic (exact) mass is 219 g/mol. The minimum atomic E-state index is -0.113. The molecule has 0 bridgehead atoms. The third-order valence-corrected chi connectivity index (χ3v) is 3.68. The van der Waals surface area contributed by atoms with Crippen LogP contribution in [0, 0.1) is 0 Å². The minimum Gasteiger partial charge on any atom is -0.497 e. The molecule has 0 radical (unpaired) electrons. The predicted octanol–water partition coefficient (Wildman–Crippen LogP) is 2.99. The van der Waals surface area contributed by atoms with Gasteiger partial charge in [-0.05, 0) is 42.5 Å². The molecule has 0 aromatic heterocycles. The Labute approximate surface area is 97.8 Å². The first kappa shape index (κ1) is 11.5. The summed E-state index contributed by atoms with van der Waals surface area (Å²) < 4.78 is 5.35. The molecule has 0 spiro atoms. The van der Waals surface area contributed by atoms with Gasteiger partial charge in [0.15, 0.2) is 0 Å². The molecule has 0 amide bonds. The Bertz CT molecular complexity index is 345. The highest BCUT2D eigenvalue weighted by molar-refractivity contribution is 5.38. The second-order valence-corrected chi connectivity index (χ2v) is 4.79. The normalized spacial score (nSPS) is 18.7. The van der Waals surface area contributed by atoms with Gasteiger partial charge in [-0.3, -0.25) is 0 Å². The van der Waals surface area contributed by atoms with Crippen LogP contribution >= 0.6 is 0 Å². The Morgan fingerprint density at radius 2 is 1.94 bits per heavy atom. The van der Waals surface area contributed by atoms with Crippen LogP contribution in [0.15, 0.2) is 18.2 Å². The molecular weight excluding hydrogens is 198 g/mol. The van der Waals surface area contributed by atoms with Gasteiger partial charge in [-0.25, -0.2) is 0 Å². The van der Waals surface area contributed by atoms with Crippen LogP contribution in [0.1, 0.15) is 43.7 Å². The summed E-state index contributed by atoms with van der Waals surface area (Å²) in [6.07, 6.45) is 5.72. The Hall–Kier alpha value is -1.02. The topological polar surface area (TPSA) is 35.2 Å². The molecule has 2 N–H and O–H groups in total.